The number of H-pyrrole nitrogens is 1. The fourth-order valence-electron chi connectivity index (χ4n) is 1.54. The van der Waals surface area contributed by atoms with E-state index < -0.39 is 10.0 Å². The second kappa shape index (κ2) is 4.39. The average Bonchev–Trinajstić information content (AvgIpc) is 2.45. The van der Waals surface area contributed by atoms with E-state index in [9.17, 15) is 8.42 Å². The molecule has 5 nitrogen and oxygen atoms in total. The summed E-state index contributed by atoms with van der Waals surface area (Å²) in [6, 6.07) is 0. The molecule has 1 N–H and O–H groups in total. The van der Waals surface area contributed by atoms with Crippen LogP contribution in [-0.4, -0.2) is 36.5 Å². The molecule has 0 spiro atoms. The van der Waals surface area contributed by atoms with Crippen LogP contribution in [-0.2, 0) is 10.0 Å². The minimum absolute atomic E-state index is 0.260. The van der Waals surface area contributed by atoms with E-state index >= 15 is 0 Å². The van der Waals surface area contributed by atoms with Gasteiger partial charge in [-0.05, 0) is 20.8 Å². The molecule has 1 rings (SSSR count). The van der Waals surface area contributed by atoms with Crippen LogP contribution in [0.2, 0.25) is 0 Å². The Bertz CT molecular complexity index is 483. The highest BCUT2D eigenvalue weighted by atomic mass is 32.2. The van der Waals surface area contributed by atoms with Gasteiger partial charge in [-0.2, -0.15) is 9.40 Å². The number of rotatable bonds is 4. The molecule has 0 radical (unpaired) electrons. The molecule has 1 aromatic rings. The van der Waals surface area contributed by atoms with Gasteiger partial charge in [-0.15, -0.1) is 0 Å². The fourth-order valence-corrected chi connectivity index (χ4v) is 3.10. The van der Waals surface area contributed by atoms with Crippen molar-refractivity contribution in [2.45, 2.75) is 25.7 Å². The van der Waals surface area contributed by atoms with Crippen LogP contribution in [0.25, 0.3) is 0 Å². The number of aromatic amines is 1. The Labute approximate surface area is 96.2 Å². The minimum Gasteiger partial charge on any atom is -0.281 e. The first kappa shape index (κ1) is 12.9. The molecule has 0 fully saturated rings. The van der Waals surface area contributed by atoms with E-state index in [1.807, 2.05) is 0 Å². The van der Waals surface area contributed by atoms with Crippen molar-refractivity contribution in [2.75, 3.05) is 13.6 Å². The van der Waals surface area contributed by atoms with Gasteiger partial charge in [-0.3, -0.25) is 5.10 Å². The summed E-state index contributed by atoms with van der Waals surface area (Å²) in [5.41, 5.74) is 1.85. The van der Waals surface area contributed by atoms with Crippen LogP contribution in [0.5, 0.6) is 0 Å². The molecule has 0 bridgehead atoms. The predicted octanol–water partition coefficient (Wildman–Crippen LogP) is 1.22. The molecule has 16 heavy (non-hydrogen) atoms. The number of aryl methyl sites for hydroxylation is 2. The molecule has 90 valence electrons. The fraction of sp³-hybridized carbons (Fsp3) is 0.500. The Morgan fingerprint density at radius 3 is 2.44 bits per heavy atom. The first-order valence-corrected chi connectivity index (χ1v) is 6.33. The molecule has 1 heterocycles. The molecular weight excluding hydrogens is 226 g/mol. The van der Waals surface area contributed by atoms with Crippen LogP contribution in [0.3, 0.4) is 0 Å². The summed E-state index contributed by atoms with van der Waals surface area (Å²) in [5, 5.41) is 6.56. The Morgan fingerprint density at radius 2 is 2.06 bits per heavy atom. The van der Waals surface area contributed by atoms with E-state index in [-0.39, 0.29) is 4.90 Å². The highest BCUT2D eigenvalue weighted by Crippen LogP contribution is 2.20. The van der Waals surface area contributed by atoms with Crippen molar-refractivity contribution >= 4 is 10.0 Å². The largest absolute Gasteiger partial charge is 0.281 e. The normalized spacial score (nSPS) is 12.1. The second-order valence-corrected chi connectivity index (χ2v) is 5.96. The molecule has 0 aliphatic heterocycles. The lowest BCUT2D eigenvalue weighted by Crippen LogP contribution is -2.29. The van der Waals surface area contributed by atoms with Gasteiger partial charge in [0.2, 0.25) is 10.0 Å². The highest BCUT2D eigenvalue weighted by Gasteiger charge is 2.26. The Kier molecular flexibility index (Phi) is 3.54. The maximum atomic E-state index is 12.2. The molecule has 0 saturated carbocycles. The number of aromatic nitrogens is 2. The average molecular weight is 243 g/mol. The van der Waals surface area contributed by atoms with Gasteiger partial charge in [0, 0.05) is 13.6 Å². The van der Waals surface area contributed by atoms with Gasteiger partial charge >= 0.3 is 0 Å². The number of hydrogen-bond donors (Lipinski definition) is 1. The molecule has 0 aliphatic rings. The van der Waals surface area contributed by atoms with Gasteiger partial charge in [0.25, 0.3) is 0 Å². The topological polar surface area (TPSA) is 66.1 Å². The molecule has 0 amide bonds. The zero-order chi connectivity index (χ0) is 12.5. The summed E-state index contributed by atoms with van der Waals surface area (Å²) in [6.07, 6.45) is 0. The molecule has 6 heteroatoms. The van der Waals surface area contributed by atoms with Gasteiger partial charge in [0.05, 0.1) is 11.4 Å². The smallest absolute Gasteiger partial charge is 0.246 e. The maximum absolute atomic E-state index is 12.2. The zero-order valence-corrected chi connectivity index (χ0v) is 10.8. The third-order valence-corrected chi connectivity index (χ3v) is 4.29. The first-order valence-electron chi connectivity index (χ1n) is 4.89. The van der Waals surface area contributed by atoms with Gasteiger partial charge in [0.1, 0.15) is 4.90 Å². The number of nitrogens with zero attached hydrogens (tertiary/aromatic N) is 2. The molecule has 0 aromatic carbocycles. The summed E-state index contributed by atoms with van der Waals surface area (Å²) in [4.78, 5) is 0.260. The molecule has 0 atom stereocenters. The van der Waals surface area contributed by atoms with E-state index in [0.717, 1.165) is 5.57 Å². The summed E-state index contributed by atoms with van der Waals surface area (Å²) in [5.74, 6) is 0. The maximum Gasteiger partial charge on any atom is 0.246 e. The first-order chi connectivity index (χ1) is 7.26. The van der Waals surface area contributed by atoms with E-state index in [1.165, 1.54) is 11.4 Å². The molecule has 0 unspecified atom stereocenters. The van der Waals surface area contributed by atoms with E-state index in [0.29, 0.717) is 17.9 Å². The van der Waals surface area contributed by atoms with Gasteiger partial charge in [0.15, 0.2) is 0 Å². The number of hydrogen-bond acceptors (Lipinski definition) is 3. The predicted molar refractivity (Wildman–Crippen MR) is 62.7 cm³/mol. The van der Waals surface area contributed by atoms with Gasteiger partial charge in [-0.25, -0.2) is 8.42 Å². The minimum atomic E-state index is -3.47. The molecule has 0 aliphatic carbocycles. The van der Waals surface area contributed by atoms with E-state index in [2.05, 4.69) is 16.8 Å². The van der Waals surface area contributed by atoms with Gasteiger partial charge in [-0.1, -0.05) is 12.2 Å². The van der Waals surface area contributed by atoms with Crippen LogP contribution < -0.4 is 0 Å². The highest BCUT2D eigenvalue weighted by molar-refractivity contribution is 7.89. The Hall–Kier alpha value is -1.14. The third kappa shape index (κ3) is 2.33. The van der Waals surface area contributed by atoms with Crippen molar-refractivity contribution in [3.63, 3.8) is 0 Å². The van der Waals surface area contributed by atoms with E-state index in [1.54, 1.807) is 20.8 Å². The van der Waals surface area contributed by atoms with Crippen LogP contribution in [0.1, 0.15) is 18.3 Å². The van der Waals surface area contributed by atoms with Crippen LogP contribution in [0, 0.1) is 13.8 Å². The standard InChI is InChI=1S/C10H17N3O2S/c1-7(2)6-13(5)16(14,15)10-8(3)11-12-9(10)4/h1,6H2,2-5H3,(H,11,12). The van der Waals surface area contributed by atoms with Crippen molar-refractivity contribution in [1.29, 1.82) is 0 Å². The van der Waals surface area contributed by atoms with E-state index in [4.69, 9.17) is 0 Å². The van der Waals surface area contributed by atoms with Gasteiger partial charge < -0.3 is 0 Å². The Balaban J connectivity index is 3.17. The van der Waals surface area contributed by atoms with Crippen molar-refractivity contribution in [2.24, 2.45) is 0 Å². The van der Waals surface area contributed by atoms with Crippen LogP contribution in [0.15, 0.2) is 17.0 Å². The third-order valence-electron chi connectivity index (χ3n) is 2.22. The summed E-state index contributed by atoms with van der Waals surface area (Å²) < 4.78 is 25.7. The van der Waals surface area contributed by atoms with Crippen LogP contribution >= 0.6 is 0 Å². The summed E-state index contributed by atoms with van der Waals surface area (Å²) >= 11 is 0. The molecule has 0 saturated heterocycles. The lowest BCUT2D eigenvalue weighted by atomic mass is 10.4. The quantitative estimate of drug-likeness (QED) is 0.809. The monoisotopic (exact) mass is 243 g/mol. The van der Waals surface area contributed by atoms with Crippen molar-refractivity contribution in [1.82, 2.24) is 14.5 Å². The molecule has 1 aromatic heterocycles. The number of nitrogens with one attached hydrogen (secondary N) is 1. The lowest BCUT2D eigenvalue weighted by molar-refractivity contribution is 0.492. The summed E-state index contributed by atoms with van der Waals surface area (Å²) in [7, 11) is -1.94. The molecular formula is C10H17N3O2S. The van der Waals surface area contributed by atoms with Crippen molar-refractivity contribution in [3.05, 3.63) is 23.5 Å². The second-order valence-electron chi connectivity index (χ2n) is 3.98. The zero-order valence-electron chi connectivity index (χ0n) is 10.0. The van der Waals surface area contributed by atoms with Crippen molar-refractivity contribution < 1.29 is 8.42 Å². The Morgan fingerprint density at radius 1 is 1.50 bits per heavy atom. The number of likely N-dealkylation sites (N-methyl/N-ethyl adjacent to an activating group) is 1. The van der Waals surface area contributed by atoms with Crippen LogP contribution in [0.4, 0.5) is 0 Å². The SMILES string of the molecule is C=C(C)CN(C)S(=O)(=O)c1c(C)n[nH]c1C. The summed E-state index contributed by atoms with van der Waals surface area (Å²) in [6.45, 7) is 9.18. The number of sulfonamides is 1. The van der Waals surface area contributed by atoms with Crippen molar-refractivity contribution in [3.8, 4) is 0 Å². The lowest BCUT2D eigenvalue weighted by Gasteiger charge is -2.17.